The highest BCUT2D eigenvalue weighted by Crippen LogP contribution is 2.39. The first kappa shape index (κ1) is 14.8. The van der Waals surface area contributed by atoms with Gasteiger partial charge in [-0.15, -0.1) is 0 Å². The zero-order valence-corrected chi connectivity index (χ0v) is 13.6. The van der Waals surface area contributed by atoms with E-state index in [1.54, 1.807) is 0 Å². The fourth-order valence-corrected chi connectivity index (χ4v) is 3.91. The summed E-state index contributed by atoms with van der Waals surface area (Å²) in [6.45, 7) is 2.09. The third-order valence-corrected chi connectivity index (χ3v) is 5.10. The molecule has 1 aromatic carbocycles. The number of pyridine rings is 1. The molecular weight excluding hydrogens is 303 g/mol. The van der Waals surface area contributed by atoms with Crippen LogP contribution >= 0.6 is 23.2 Å². The molecule has 0 N–H and O–H groups in total. The number of aromatic nitrogens is 1. The molecule has 0 spiro atoms. The lowest BCUT2D eigenvalue weighted by Gasteiger charge is -2.36. The number of likely N-dealkylation sites (tertiary alicyclic amines) is 1. The third-order valence-electron chi connectivity index (χ3n) is 4.51. The van der Waals surface area contributed by atoms with Crippen molar-refractivity contribution in [2.24, 2.45) is 0 Å². The standard InChI is InChI=1S/C17H19Cl2N2/c1-21(12-14-6-7-15(18)10-16(14)19)9-3-5-17(21)13-4-2-8-20-11-13/h2,4,6-8,10-11,17H,3,5,9,12H2,1H3/q+1/t17-,21?/m1/s1. The van der Waals surface area contributed by atoms with E-state index >= 15 is 0 Å². The first-order chi connectivity index (χ1) is 10.1. The molecule has 21 heavy (non-hydrogen) atoms. The average Bonchev–Trinajstić information content (AvgIpc) is 2.85. The molecule has 2 heterocycles. The second-order valence-corrected chi connectivity index (χ2v) is 6.88. The second-order valence-electron chi connectivity index (χ2n) is 6.04. The monoisotopic (exact) mass is 321 g/mol. The topological polar surface area (TPSA) is 12.9 Å². The molecule has 0 bridgehead atoms. The summed E-state index contributed by atoms with van der Waals surface area (Å²) in [4.78, 5) is 4.28. The van der Waals surface area contributed by atoms with Crippen LogP contribution in [0, 0.1) is 0 Å². The van der Waals surface area contributed by atoms with E-state index in [1.807, 2.05) is 36.7 Å². The van der Waals surface area contributed by atoms with Crippen LogP contribution in [0.5, 0.6) is 0 Å². The number of hydrogen-bond acceptors (Lipinski definition) is 1. The van der Waals surface area contributed by atoms with Gasteiger partial charge < -0.3 is 4.48 Å². The van der Waals surface area contributed by atoms with E-state index in [0.29, 0.717) is 11.1 Å². The molecule has 2 atom stereocenters. The summed E-state index contributed by atoms with van der Waals surface area (Å²) >= 11 is 12.4. The lowest BCUT2D eigenvalue weighted by Crippen LogP contribution is -2.42. The molecule has 1 unspecified atom stereocenters. The Bertz CT molecular complexity index is 630. The molecule has 1 aliphatic heterocycles. The van der Waals surface area contributed by atoms with Crippen LogP contribution < -0.4 is 0 Å². The number of halogens is 2. The average molecular weight is 322 g/mol. The van der Waals surface area contributed by atoms with Gasteiger partial charge in [-0.2, -0.15) is 0 Å². The van der Waals surface area contributed by atoms with Gasteiger partial charge in [0.25, 0.3) is 0 Å². The van der Waals surface area contributed by atoms with Gasteiger partial charge in [0, 0.05) is 41.4 Å². The predicted molar refractivity (Wildman–Crippen MR) is 87.4 cm³/mol. The van der Waals surface area contributed by atoms with E-state index in [9.17, 15) is 0 Å². The zero-order chi connectivity index (χ0) is 14.9. The van der Waals surface area contributed by atoms with Gasteiger partial charge in [-0.05, 0) is 18.2 Å². The van der Waals surface area contributed by atoms with Gasteiger partial charge >= 0.3 is 0 Å². The van der Waals surface area contributed by atoms with Gasteiger partial charge in [-0.25, -0.2) is 0 Å². The van der Waals surface area contributed by atoms with Gasteiger partial charge in [0.2, 0.25) is 0 Å². The Morgan fingerprint density at radius 1 is 1.29 bits per heavy atom. The summed E-state index contributed by atoms with van der Waals surface area (Å²) in [5.74, 6) is 0. The van der Waals surface area contributed by atoms with Crippen LogP contribution in [0.25, 0.3) is 0 Å². The number of benzene rings is 1. The van der Waals surface area contributed by atoms with Crippen LogP contribution in [0.15, 0.2) is 42.7 Å². The van der Waals surface area contributed by atoms with Gasteiger partial charge in [-0.1, -0.05) is 35.3 Å². The highest BCUT2D eigenvalue weighted by molar-refractivity contribution is 6.35. The maximum absolute atomic E-state index is 6.36. The Balaban J connectivity index is 1.88. The molecule has 0 aliphatic carbocycles. The van der Waals surface area contributed by atoms with Crippen molar-refractivity contribution in [1.82, 2.24) is 4.98 Å². The summed E-state index contributed by atoms with van der Waals surface area (Å²) in [5.41, 5.74) is 2.49. The maximum atomic E-state index is 6.36. The molecule has 110 valence electrons. The van der Waals surface area contributed by atoms with Gasteiger partial charge in [0.1, 0.15) is 12.6 Å². The molecule has 0 radical (unpaired) electrons. The molecule has 2 nitrogen and oxygen atoms in total. The molecule has 3 rings (SSSR count). The van der Waals surface area contributed by atoms with Crippen molar-refractivity contribution < 1.29 is 4.48 Å². The van der Waals surface area contributed by atoms with Crippen LogP contribution in [-0.2, 0) is 6.54 Å². The van der Waals surface area contributed by atoms with E-state index < -0.39 is 0 Å². The highest BCUT2D eigenvalue weighted by Gasteiger charge is 2.39. The summed E-state index contributed by atoms with van der Waals surface area (Å²) in [6, 6.07) is 10.5. The first-order valence-electron chi connectivity index (χ1n) is 7.26. The lowest BCUT2D eigenvalue weighted by molar-refractivity contribution is -0.939. The molecule has 1 aliphatic rings. The molecule has 4 heteroatoms. The van der Waals surface area contributed by atoms with Crippen molar-refractivity contribution in [1.29, 1.82) is 0 Å². The number of rotatable bonds is 3. The Hall–Kier alpha value is -1.09. The molecule has 2 aromatic rings. The molecule has 1 saturated heterocycles. The van der Waals surface area contributed by atoms with E-state index in [-0.39, 0.29) is 0 Å². The van der Waals surface area contributed by atoms with Crippen LogP contribution in [0.4, 0.5) is 0 Å². The fraction of sp³-hybridized carbons (Fsp3) is 0.353. The molecular formula is C17H19Cl2N2+. The third kappa shape index (κ3) is 3.08. The molecule has 0 saturated carbocycles. The van der Waals surface area contributed by atoms with Crippen LogP contribution in [-0.4, -0.2) is 23.1 Å². The highest BCUT2D eigenvalue weighted by atomic mass is 35.5. The van der Waals surface area contributed by atoms with E-state index in [2.05, 4.69) is 18.1 Å². The summed E-state index contributed by atoms with van der Waals surface area (Å²) < 4.78 is 0.979. The van der Waals surface area contributed by atoms with Crippen molar-refractivity contribution in [3.8, 4) is 0 Å². The number of hydrogen-bond donors (Lipinski definition) is 0. The number of nitrogens with zero attached hydrogens (tertiary/aromatic N) is 2. The summed E-state index contributed by atoms with van der Waals surface area (Å²) in [5, 5.41) is 1.45. The van der Waals surface area contributed by atoms with Crippen molar-refractivity contribution >= 4 is 23.2 Å². The smallest absolute Gasteiger partial charge is 0.116 e. The zero-order valence-electron chi connectivity index (χ0n) is 12.1. The van der Waals surface area contributed by atoms with Gasteiger partial charge in [0.15, 0.2) is 0 Å². The van der Waals surface area contributed by atoms with E-state index in [0.717, 1.165) is 16.1 Å². The summed E-state index contributed by atoms with van der Waals surface area (Å²) in [7, 11) is 2.32. The quantitative estimate of drug-likeness (QED) is 0.735. The maximum Gasteiger partial charge on any atom is 0.116 e. The van der Waals surface area contributed by atoms with Crippen molar-refractivity contribution in [2.75, 3.05) is 13.6 Å². The largest absolute Gasteiger partial charge is 0.316 e. The van der Waals surface area contributed by atoms with Crippen molar-refractivity contribution in [3.63, 3.8) is 0 Å². The minimum atomic E-state index is 0.491. The molecule has 1 aromatic heterocycles. The second kappa shape index (κ2) is 5.96. The first-order valence-corrected chi connectivity index (χ1v) is 8.02. The van der Waals surface area contributed by atoms with Crippen LogP contribution in [0.3, 0.4) is 0 Å². The fourth-order valence-electron chi connectivity index (χ4n) is 3.44. The SMILES string of the molecule is C[N+]1(Cc2ccc(Cl)cc2Cl)CCC[C@@H]1c1cccnc1. The Kier molecular flexibility index (Phi) is 4.21. The summed E-state index contributed by atoms with van der Waals surface area (Å²) in [6.07, 6.45) is 6.27. The Labute approximate surface area is 135 Å². The molecule has 0 amide bonds. The molecule has 1 fully saturated rings. The van der Waals surface area contributed by atoms with E-state index in [4.69, 9.17) is 23.2 Å². The predicted octanol–water partition coefficient (Wildman–Crippen LogP) is 4.87. The number of quaternary nitrogens is 1. The Morgan fingerprint density at radius 2 is 2.14 bits per heavy atom. The van der Waals surface area contributed by atoms with Crippen LogP contribution in [0.1, 0.15) is 30.0 Å². The Morgan fingerprint density at radius 3 is 2.86 bits per heavy atom. The van der Waals surface area contributed by atoms with Crippen molar-refractivity contribution in [3.05, 3.63) is 63.9 Å². The van der Waals surface area contributed by atoms with Crippen LogP contribution in [0.2, 0.25) is 10.0 Å². The van der Waals surface area contributed by atoms with E-state index in [1.165, 1.54) is 30.5 Å². The lowest BCUT2D eigenvalue weighted by atomic mass is 10.0. The van der Waals surface area contributed by atoms with Gasteiger partial charge in [-0.3, -0.25) is 4.98 Å². The van der Waals surface area contributed by atoms with Crippen molar-refractivity contribution in [2.45, 2.75) is 25.4 Å². The normalized spacial score (nSPS) is 25.2. The minimum absolute atomic E-state index is 0.491. The minimum Gasteiger partial charge on any atom is -0.316 e. The van der Waals surface area contributed by atoms with Gasteiger partial charge in [0.05, 0.1) is 18.6 Å².